The summed E-state index contributed by atoms with van der Waals surface area (Å²) >= 11 is 0. The molecule has 1 saturated heterocycles. The number of benzene rings is 2. The minimum atomic E-state index is -1.33. The van der Waals surface area contributed by atoms with Crippen molar-refractivity contribution in [1.82, 2.24) is 15.5 Å². The highest BCUT2D eigenvalue weighted by Gasteiger charge is 2.49. The van der Waals surface area contributed by atoms with Gasteiger partial charge in [-0.1, -0.05) is 18.2 Å². The van der Waals surface area contributed by atoms with E-state index in [4.69, 9.17) is 14.2 Å². The van der Waals surface area contributed by atoms with Gasteiger partial charge in [-0.2, -0.15) is 0 Å². The Labute approximate surface area is 180 Å². The number of amides is 4. The summed E-state index contributed by atoms with van der Waals surface area (Å²) in [5.74, 6) is 0.671. The average molecular weight is 427 g/mol. The minimum absolute atomic E-state index is 0.263. The van der Waals surface area contributed by atoms with E-state index in [-0.39, 0.29) is 13.1 Å². The Bertz CT molecular complexity index is 991. The van der Waals surface area contributed by atoms with Crippen LogP contribution in [0.2, 0.25) is 0 Å². The van der Waals surface area contributed by atoms with Gasteiger partial charge in [-0.25, -0.2) is 4.79 Å². The first kappa shape index (κ1) is 21.9. The van der Waals surface area contributed by atoms with Gasteiger partial charge in [0, 0.05) is 6.54 Å². The second-order valence-electron chi connectivity index (χ2n) is 7.14. The summed E-state index contributed by atoms with van der Waals surface area (Å²) in [6.07, 6.45) is 0. The summed E-state index contributed by atoms with van der Waals surface area (Å²) in [6, 6.07) is 11.5. The average Bonchev–Trinajstić information content (AvgIpc) is 3.01. The van der Waals surface area contributed by atoms with E-state index in [1.54, 1.807) is 44.4 Å². The van der Waals surface area contributed by atoms with Crippen molar-refractivity contribution in [3.8, 4) is 17.2 Å². The molecule has 164 valence electrons. The molecule has 2 aromatic carbocycles. The molecule has 0 radical (unpaired) electrons. The van der Waals surface area contributed by atoms with Crippen molar-refractivity contribution in [2.24, 2.45) is 0 Å². The Morgan fingerprint density at radius 1 is 1.00 bits per heavy atom. The van der Waals surface area contributed by atoms with E-state index in [1.807, 2.05) is 12.1 Å². The Hall–Kier alpha value is -3.75. The number of methoxy groups -OCH3 is 3. The fourth-order valence-corrected chi connectivity index (χ4v) is 3.33. The monoisotopic (exact) mass is 427 g/mol. The predicted octanol–water partition coefficient (Wildman–Crippen LogP) is 1.80. The van der Waals surface area contributed by atoms with Crippen molar-refractivity contribution in [3.63, 3.8) is 0 Å². The second-order valence-corrected chi connectivity index (χ2v) is 7.14. The van der Waals surface area contributed by atoms with Gasteiger partial charge in [-0.05, 0) is 42.3 Å². The Kier molecular flexibility index (Phi) is 6.33. The van der Waals surface area contributed by atoms with Crippen LogP contribution >= 0.6 is 0 Å². The predicted molar refractivity (Wildman–Crippen MR) is 112 cm³/mol. The second kappa shape index (κ2) is 8.95. The smallest absolute Gasteiger partial charge is 0.325 e. The molecule has 0 bridgehead atoms. The van der Waals surface area contributed by atoms with Gasteiger partial charge in [-0.3, -0.25) is 14.5 Å². The largest absolute Gasteiger partial charge is 0.497 e. The lowest BCUT2D eigenvalue weighted by molar-refractivity contribution is -0.134. The quantitative estimate of drug-likeness (QED) is 0.623. The topological polar surface area (TPSA) is 106 Å². The molecule has 1 heterocycles. The van der Waals surface area contributed by atoms with Gasteiger partial charge in [0.1, 0.15) is 17.8 Å². The van der Waals surface area contributed by atoms with Crippen LogP contribution in [0.25, 0.3) is 0 Å². The summed E-state index contributed by atoms with van der Waals surface area (Å²) in [4.78, 5) is 38.8. The van der Waals surface area contributed by atoms with Crippen LogP contribution in [-0.2, 0) is 21.7 Å². The fourth-order valence-electron chi connectivity index (χ4n) is 3.33. The van der Waals surface area contributed by atoms with Crippen LogP contribution in [0.5, 0.6) is 17.2 Å². The molecule has 9 nitrogen and oxygen atoms in total. The zero-order valence-electron chi connectivity index (χ0n) is 17.9. The van der Waals surface area contributed by atoms with E-state index in [1.165, 1.54) is 14.2 Å². The van der Waals surface area contributed by atoms with E-state index in [0.29, 0.717) is 22.8 Å². The van der Waals surface area contributed by atoms with Crippen LogP contribution < -0.4 is 24.8 Å². The van der Waals surface area contributed by atoms with Gasteiger partial charge in [-0.15, -0.1) is 0 Å². The lowest BCUT2D eigenvalue weighted by Gasteiger charge is -2.23. The molecule has 1 atom stereocenters. The standard InChI is InChI=1S/C22H25N3O6/c1-22(15-7-10-17(30-3)18(11-15)31-4)20(27)25(21(28)24-22)13-19(26)23-12-14-5-8-16(29-2)9-6-14/h5-11H,12-13H2,1-4H3,(H,23,26)(H,24,28). The molecule has 1 unspecified atom stereocenters. The zero-order chi connectivity index (χ0) is 22.6. The number of hydrogen-bond acceptors (Lipinski definition) is 6. The normalized spacial score (nSPS) is 17.9. The number of imide groups is 1. The van der Waals surface area contributed by atoms with Crippen LogP contribution in [0.15, 0.2) is 42.5 Å². The molecule has 3 rings (SSSR count). The van der Waals surface area contributed by atoms with Gasteiger partial charge in [0.2, 0.25) is 5.91 Å². The van der Waals surface area contributed by atoms with E-state index in [0.717, 1.165) is 10.5 Å². The summed E-state index contributed by atoms with van der Waals surface area (Å²) in [5.41, 5.74) is 0.0542. The molecule has 4 amide bonds. The molecule has 0 spiro atoms. The third-order valence-corrected chi connectivity index (χ3v) is 5.19. The highest BCUT2D eigenvalue weighted by molar-refractivity contribution is 6.09. The number of nitrogens with one attached hydrogen (secondary N) is 2. The number of nitrogens with zero attached hydrogens (tertiary/aromatic N) is 1. The summed E-state index contributed by atoms with van der Waals surface area (Å²) in [5, 5.41) is 5.39. The molecule has 0 aliphatic carbocycles. The molecule has 1 aliphatic rings. The molecular formula is C22H25N3O6. The van der Waals surface area contributed by atoms with Crippen molar-refractivity contribution < 1.29 is 28.6 Å². The first-order valence-electron chi connectivity index (χ1n) is 9.58. The molecule has 2 aromatic rings. The molecule has 0 saturated carbocycles. The van der Waals surface area contributed by atoms with Crippen molar-refractivity contribution in [3.05, 3.63) is 53.6 Å². The van der Waals surface area contributed by atoms with Gasteiger partial charge in [0.25, 0.3) is 5.91 Å². The molecular weight excluding hydrogens is 402 g/mol. The number of hydrogen-bond donors (Lipinski definition) is 2. The molecule has 1 fully saturated rings. The highest BCUT2D eigenvalue weighted by atomic mass is 16.5. The number of urea groups is 1. The summed E-state index contributed by atoms with van der Waals surface area (Å²) < 4.78 is 15.6. The molecule has 0 aromatic heterocycles. The lowest BCUT2D eigenvalue weighted by Crippen LogP contribution is -2.43. The first-order valence-corrected chi connectivity index (χ1v) is 9.58. The zero-order valence-corrected chi connectivity index (χ0v) is 17.9. The Morgan fingerprint density at radius 3 is 2.29 bits per heavy atom. The third kappa shape index (κ3) is 4.40. The van der Waals surface area contributed by atoms with Gasteiger partial charge in [0.15, 0.2) is 11.5 Å². The van der Waals surface area contributed by atoms with Crippen molar-refractivity contribution in [1.29, 1.82) is 0 Å². The van der Waals surface area contributed by atoms with Crippen molar-refractivity contribution in [2.45, 2.75) is 19.0 Å². The fraction of sp³-hybridized carbons (Fsp3) is 0.318. The van der Waals surface area contributed by atoms with E-state index in [9.17, 15) is 14.4 Å². The van der Waals surface area contributed by atoms with Gasteiger partial charge in [0.05, 0.1) is 21.3 Å². The Balaban J connectivity index is 1.68. The van der Waals surface area contributed by atoms with Crippen molar-refractivity contribution in [2.75, 3.05) is 27.9 Å². The van der Waals surface area contributed by atoms with Crippen LogP contribution in [0, 0.1) is 0 Å². The Morgan fingerprint density at radius 2 is 1.68 bits per heavy atom. The first-order chi connectivity index (χ1) is 14.8. The number of ether oxygens (including phenoxy) is 3. The number of carbonyl (C=O) groups excluding carboxylic acids is 3. The maximum Gasteiger partial charge on any atom is 0.325 e. The molecule has 1 aliphatic heterocycles. The van der Waals surface area contributed by atoms with E-state index >= 15 is 0 Å². The van der Waals surface area contributed by atoms with Crippen LogP contribution in [0.1, 0.15) is 18.1 Å². The lowest BCUT2D eigenvalue weighted by atomic mass is 9.91. The molecule has 31 heavy (non-hydrogen) atoms. The van der Waals surface area contributed by atoms with Crippen molar-refractivity contribution >= 4 is 17.8 Å². The van der Waals surface area contributed by atoms with E-state index < -0.39 is 23.4 Å². The number of rotatable bonds is 8. The van der Waals surface area contributed by atoms with Crippen LogP contribution in [0.4, 0.5) is 4.79 Å². The molecule has 2 N–H and O–H groups in total. The maximum absolute atomic E-state index is 13.0. The highest BCUT2D eigenvalue weighted by Crippen LogP contribution is 2.35. The van der Waals surface area contributed by atoms with Gasteiger partial charge < -0.3 is 24.8 Å². The number of carbonyl (C=O) groups is 3. The molecule has 9 heteroatoms. The summed E-state index contributed by atoms with van der Waals surface area (Å²) in [7, 11) is 4.57. The van der Waals surface area contributed by atoms with Crippen LogP contribution in [0.3, 0.4) is 0 Å². The summed E-state index contributed by atoms with van der Waals surface area (Å²) in [6.45, 7) is 1.47. The third-order valence-electron chi connectivity index (χ3n) is 5.19. The minimum Gasteiger partial charge on any atom is -0.497 e. The maximum atomic E-state index is 13.0. The SMILES string of the molecule is COc1ccc(CNC(=O)CN2C(=O)NC(C)(c3ccc(OC)c(OC)c3)C2=O)cc1. The van der Waals surface area contributed by atoms with Crippen LogP contribution in [-0.4, -0.2) is 50.6 Å². The van der Waals surface area contributed by atoms with Gasteiger partial charge >= 0.3 is 6.03 Å². The van der Waals surface area contributed by atoms with E-state index in [2.05, 4.69) is 10.6 Å².